The Morgan fingerprint density at radius 1 is 0.861 bits per heavy atom. The second kappa shape index (κ2) is 10.6. The number of nitrogens with one attached hydrogen (secondary N) is 1. The maximum absolute atomic E-state index is 12.3. The Labute approximate surface area is 206 Å². The van der Waals surface area contributed by atoms with E-state index in [0.29, 0.717) is 0 Å². The molecule has 0 heterocycles. The fourth-order valence-corrected chi connectivity index (χ4v) is 4.47. The first-order valence-electron chi connectivity index (χ1n) is 11.3. The second-order valence-corrected chi connectivity index (χ2v) is 8.47. The normalized spacial score (nSPS) is 13.8. The fourth-order valence-electron chi connectivity index (χ4n) is 4.47. The first kappa shape index (κ1) is 24.9. The zero-order chi connectivity index (χ0) is 25.8. The van der Waals surface area contributed by atoms with Crippen molar-refractivity contribution in [1.29, 1.82) is 0 Å². The Balaban J connectivity index is 1.32. The fraction of sp³-hybridized carbons (Fsp3) is 0.222. The highest BCUT2D eigenvalue weighted by molar-refractivity contribution is 5.95. The maximum Gasteiger partial charge on any atom is 0.407 e. The molecule has 5 N–H and O–H groups in total. The minimum atomic E-state index is -1.59. The molecule has 4 rings (SSSR count). The summed E-state index contributed by atoms with van der Waals surface area (Å²) < 4.78 is 5.43. The van der Waals surface area contributed by atoms with Crippen LogP contribution in [0.5, 0.6) is 0 Å². The lowest BCUT2D eigenvalue weighted by molar-refractivity contribution is 0.0128. The summed E-state index contributed by atoms with van der Waals surface area (Å²) >= 11 is 0. The largest absolute Gasteiger partial charge is 0.478 e. The van der Waals surface area contributed by atoms with Crippen LogP contribution in [0.25, 0.3) is 11.1 Å². The number of hydrogen-bond acceptors (Lipinski definition) is 6. The molecular weight excluding hydrogens is 466 g/mol. The summed E-state index contributed by atoms with van der Waals surface area (Å²) in [6.45, 7) is 0.0907. The highest BCUT2D eigenvalue weighted by Gasteiger charge is 2.29. The zero-order valence-corrected chi connectivity index (χ0v) is 19.1. The molecule has 1 aliphatic rings. The number of rotatable bonds is 9. The zero-order valence-electron chi connectivity index (χ0n) is 19.1. The van der Waals surface area contributed by atoms with Crippen LogP contribution in [0.1, 0.15) is 55.8 Å². The molecule has 0 saturated carbocycles. The van der Waals surface area contributed by atoms with Gasteiger partial charge >= 0.3 is 18.0 Å². The lowest BCUT2D eigenvalue weighted by Gasteiger charge is -2.20. The van der Waals surface area contributed by atoms with Crippen LogP contribution < -0.4 is 5.32 Å². The van der Waals surface area contributed by atoms with Crippen LogP contribution in [0.3, 0.4) is 0 Å². The standard InChI is InChI=1S/C27H25NO8/c29-23(24(30)20-10-9-15(25(31)32)13-21(20)26(33)34)11-12-28-27(35)36-14-22-18-7-3-1-5-16(18)17-6-2-4-8-19(17)22/h1-10,13,22-24,29-30H,11-12,14H2,(H,28,35)(H,31,32)(H,33,34). The Bertz CT molecular complexity index is 1260. The number of ether oxygens (including phenoxy) is 1. The van der Waals surface area contributed by atoms with Crippen molar-refractivity contribution in [2.75, 3.05) is 13.2 Å². The number of carboxylic acid groups (broad SMARTS) is 2. The van der Waals surface area contributed by atoms with E-state index in [2.05, 4.69) is 5.32 Å². The molecule has 0 saturated heterocycles. The van der Waals surface area contributed by atoms with Crippen LogP contribution in [0.15, 0.2) is 66.7 Å². The van der Waals surface area contributed by atoms with E-state index >= 15 is 0 Å². The van der Waals surface area contributed by atoms with Gasteiger partial charge in [0.15, 0.2) is 0 Å². The van der Waals surface area contributed by atoms with Gasteiger partial charge in [-0.1, -0.05) is 54.6 Å². The smallest absolute Gasteiger partial charge is 0.407 e. The molecule has 186 valence electrons. The van der Waals surface area contributed by atoms with Gasteiger partial charge in [0.25, 0.3) is 0 Å². The SMILES string of the molecule is O=C(NCCC(O)C(O)c1ccc(C(=O)O)cc1C(=O)O)OCC1c2ccccc2-c2ccccc21. The molecule has 3 aromatic carbocycles. The number of carbonyl (C=O) groups is 3. The van der Waals surface area contributed by atoms with E-state index in [1.54, 1.807) is 0 Å². The number of carbonyl (C=O) groups excluding carboxylic acids is 1. The summed E-state index contributed by atoms with van der Waals surface area (Å²) in [7, 11) is 0. The first-order chi connectivity index (χ1) is 17.3. The van der Waals surface area contributed by atoms with Crippen molar-refractivity contribution in [2.45, 2.75) is 24.5 Å². The third kappa shape index (κ3) is 5.07. The molecule has 1 aliphatic carbocycles. The summed E-state index contributed by atoms with van der Waals surface area (Å²) in [6.07, 6.45) is -3.78. The Morgan fingerprint density at radius 3 is 2.06 bits per heavy atom. The Kier molecular flexibility index (Phi) is 7.33. The number of fused-ring (bicyclic) bond motifs is 3. The van der Waals surface area contributed by atoms with Gasteiger partial charge in [-0.25, -0.2) is 14.4 Å². The van der Waals surface area contributed by atoms with Gasteiger partial charge in [0, 0.05) is 12.5 Å². The number of aromatic carboxylic acids is 2. The molecule has 2 atom stereocenters. The molecule has 0 aliphatic heterocycles. The minimum Gasteiger partial charge on any atom is -0.478 e. The minimum absolute atomic E-state index is 0.0372. The quantitative estimate of drug-likeness (QED) is 0.305. The molecule has 0 bridgehead atoms. The van der Waals surface area contributed by atoms with Gasteiger partial charge in [0.05, 0.1) is 17.2 Å². The van der Waals surface area contributed by atoms with Gasteiger partial charge in [0.2, 0.25) is 0 Å². The summed E-state index contributed by atoms with van der Waals surface area (Å²) in [5, 5.41) is 41.7. The lowest BCUT2D eigenvalue weighted by Crippen LogP contribution is -2.31. The van der Waals surface area contributed by atoms with Gasteiger partial charge in [-0.3, -0.25) is 0 Å². The number of amides is 1. The number of aliphatic hydroxyl groups is 2. The van der Waals surface area contributed by atoms with E-state index in [4.69, 9.17) is 9.84 Å². The number of hydrogen-bond donors (Lipinski definition) is 5. The molecule has 0 aromatic heterocycles. The van der Waals surface area contributed by atoms with Crippen LogP contribution in [0, 0.1) is 0 Å². The van der Waals surface area contributed by atoms with Crippen molar-refractivity contribution in [3.63, 3.8) is 0 Å². The van der Waals surface area contributed by atoms with Gasteiger partial charge in [-0.15, -0.1) is 0 Å². The first-order valence-corrected chi connectivity index (χ1v) is 11.3. The van der Waals surface area contributed by atoms with Crippen molar-refractivity contribution >= 4 is 18.0 Å². The number of alkyl carbamates (subject to hydrolysis) is 1. The molecule has 9 heteroatoms. The molecule has 9 nitrogen and oxygen atoms in total. The van der Waals surface area contributed by atoms with Gasteiger partial charge < -0.3 is 30.5 Å². The monoisotopic (exact) mass is 491 g/mol. The van der Waals surface area contributed by atoms with Crippen LogP contribution in [0.2, 0.25) is 0 Å². The van der Waals surface area contributed by atoms with Crippen molar-refractivity contribution in [3.8, 4) is 11.1 Å². The molecule has 2 unspecified atom stereocenters. The van der Waals surface area contributed by atoms with Crippen molar-refractivity contribution in [1.82, 2.24) is 5.32 Å². The molecule has 0 spiro atoms. The summed E-state index contributed by atoms with van der Waals surface area (Å²) in [5.41, 5.74) is 3.57. The summed E-state index contributed by atoms with van der Waals surface area (Å²) in [5.74, 6) is -2.85. The Hall–Kier alpha value is -4.21. The molecule has 3 aromatic rings. The van der Waals surface area contributed by atoms with Gasteiger partial charge in [0.1, 0.15) is 12.7 Å². The third-order valence-electron chi connectivity index (χ3n) is 6.27. The summed E-state index contributed by atoms with van der Waals surface area (Å²) in [6, 6.07) is 19.1. The number of benzene rings is 3. The van der Waals surface area contributed by atoms with Gasteiger partial charge in [-0.2, -0.15) is 0 Å². The molecular formula is C27H25NO8. The predicted octanol–water partition coefficient (Wildman–Crippen LogP) is 3.41. The summed E-state index contributed by atoms with van der Waals surface area (Å²) in [4.78, 5) is 34.9. The van der Waals surface area contributed by atoms with Crippen LogP contribution in [0.4, 0.5) is 4.79 Å². The lowest BCUT2D eigenvalue weighted by atomic mass is 9.95. The average molecular weight is 491 g/mol. The van der Waals surface area contributed by atoms with E-state index in [0.717, 1.165) is 40.5 Å². The van der Waals surface area contributed by atoms with E-state index in [1.807, 2.05) is 48.5 Å². The number of aliphatic hydroxyl groups excluding tert-OH is 2. The highest BCUT2D eigenvalue weighted by atomic mass is 16.5. The third-order valence-corrected chi connectivity index (χ3v) is 6.27. The highest BCUT2D eigenvalue weighted by Crippen LogP contribution is 2.44. The van der Waals surface area contributed by atoms with Crippen molar-refractivity contribution < 1.29 is 39.5 Å². The van der Waals surface area contributed by atoms with Crippen LogP contribution in [-0.2, 0) is 4.74 Å². The predicted molar refractivity (Wildman–Crippen MR) is 129 cm³/mol. The van der Waals surface area contributed by atoms with Gasteiger partial charge in [-0.05, 0) is 46.4 Å². The molecule has 1 amide bonds. The van der Waals surface area contributed by atoms with E-state index in [-0.39, 0.29) is 36.6 Å². The number of carboxylic acids is 2. The molecule has 0 radical (unpaired) electrons. The van der Waals surface area contributed by atoms with E-state index < -0.39 is 35.8 Å². The van der Waals surface area contributed by atoms with Crippen molar-refractivity contribution in [3.05, 3.63) is 94.5 Å². The van der Waals surface area contributed by atoms with Crippen LogP contribution >= 0.6 is 0 Å². The average Bonchev–Trinajstić information content (AvgIpc) is 3.20. The van der Waals surface area contributed by atoms with E-state index in [1.165, 1.54) is 0 Å². The Morgan fingerprint density at radius 2 is 1.47 bits per heavy atom. The molecule has 0 fully saturated rings. The topological polar surface area (TPSA) is 153 Å². The second-order valence-electron chi connectivity index (χ2n) is 8.47. The van der Waals surface area contributed by atoms with Crippen LogP contribution in [-0.4, -0.2) is 57.7 Å². The van der Waals surface area contributed by atoms with Crippen molar-refractivity contribution in [2.24, 2.45) is 0 Å². The van der Waals surface area contributed by atoms with E-state index in [9.17, 15) is 29.7 Å². The molecule has 36 heavy (non-hydrogen) atoms. The maximum atomic E-state index is 12.3.